The third-order valence-corrected chi connectivity index (χ3v) is 20.4. The van der Waals surface area contributed by atoms with Gasteiger partial charge in [0, 0.05) is 170 Å². The first-order valence-electron chi connectivity index (χ1n) is 46.8. The van der Waals surface area contributed by atoms with Crippen molar-refractivity contribution in [2.75, 3.05) is 0 Å². The second kappa shape index (κ2) is 51.2. The van der Waals surface area contributed by atoms with Crippen molar-refractivity contribution >= 4 is 44.1 Å². The van der Waals surface area contributed by atoms with Crippen molar-refractivity contribution in [1.82, 2.24) is 49.8 Å². The van der Waals surface area contributed by atoms with Crippen molar-refractivity contribution in [2.45, 2.75) is 62.1 Å². The van der Waals surface area contributed by atoms with Gasteiger partial charge in [0.25, 0.3) is 0 Å². The van der Waals surface area contributed by atoms with Gasteiger partial charge in [-0.15, -0.1) is 252 Å². The second-order valence-electron chi connectivity index (χ2n) is 30.2. The molecule has 0 atom stereocenters. The fourth-order valence-electron chi connectivity index (χ4n) is 13.7. The zero-order valence-electron chi connectivity index (χ0n) is 83.1. The Labute approximate surface area is 857 Å². The minimum absolute atomic E-state index is 0. The van der Waals surface area contributed by atoms with Gasteiger partial charge in [0.05, 0.1) is 11.2 Å². The van der Waals surface area contributed by atoms with E-state index >= 15 is 0 Å². The van der Waals surface area contributed by atoms with E-state index < -0.39 is 20.6 Å². The van der Waals surface area contributed by atoms with Crippen molar-refractivity contribution in [3.8, 4) is 112 Å². The summed E-state index contributed by atoms with van der Waals surface area (Å²) in [5.74, 6) is 0. The minimum atomic E-state index is -2.16. The third-order valence-electron chi connectivity index (χ3n) is 20.4. The molecule has 12 heterocycles. The molecule has 674 valence electrons. The summed E-state index contributed by atoms with van der Waals surface area (Å²) >= 11 is 0. The third kappa shape index (κ3) is 28.2. The van der Waals surface area contributed by atoms with E-state index in [1.54, 1.807) is 48.5 Å². The number of rotatable bonds is 10. The number of furan rings is 2. The van der Waals surface area contributed by atoms with Gasteiger partial charge in [-0.05, 0) is 194 Å². The van der Waals surface area contributed by atoms with Gasteiger partial charge in [0.15, 0.2) is 0 Å². The summed E-state index contributed by atoms with van der Waals surface area (Å²) in [5, 5.41) is 3.95. The fourth-order valence-corrected chi connectivity index (χ4v) is 13.7. The molecule has 0 bridgehead atoms. The standard InChI is InChI=1S/2C18H13N2O.C18H14N.C17H12N.4C12H10N.4Ir/c1-11-6-9-16(19-10-11)15-5-3-4-13-14-8-7-12(2)20-18(14)21-17(13)15;1-11-8-9-19-16(10-11)15-5-3-4-13-14-7-6-12(2)20-18(14)21-17(13)15;1-14-12-18(16-10-6-3-7-11-16)19-13-17(14)15-8-4-2-5-9-15;1-3-7-14(8-4-1)16-11-12-18-17(13-16)15-9-5-2-6-10-15;4*1-10-7-8-12(13-9-10)11-5-3-2-4-6-11;;;;/h2*3-4,6-10H,1-2H3;2-10,12-13H,1H3;1-9,11-13H;4*2-5,7-9H,1H3;;;;/q8*-1;;;;/i1D3;;;;2*1D3;;;;;;. The maximum absolute atomic E-state index is 7.43. The summed E-state index contributed by atoms with van der Waals surface area (Å²) in [5.41, 5.74) is 29.0. The van der Waals surface area contributed by atoms with Crippen LogP contribution in [-0.4, -0.2) is 49.8 Å². The number of aromatic nitrogens is 10. The minimum Gasteiger partial charge on any atom is -0.486 e. The number of pyridine rings is 10. The van der Waals surface area contributed by atoms with Crippen molar-refractivity contribution in [2.24, 2.45) is 0 Å². The van der Waals surface area contributed by atoms with Crippen LogP contribution in [0.1, 0.15) is 62.7 Å². The average Bonchev–Trinajstić information content (AvgIpc) is 1.62. The molecule has 135 heavy (non-hydrogen) atoms. The Balaban J connectivity index is 0.000000157. The molecule has 0 aliphatic rings. The van der Waals surface area contributed by atoms with Crippen LogP contribution in [0.15, 0.2) is 404 Å². The molecule has 0 unspecified atom stereocenters. The molecular formula is C119H92Ir4N10O2-8. The Bertz CT molecular complexity index is 7530. The molecule has 0 saturated carbocycles. The predicted molar refractivity (Wildman–Crippen MR) is 532 cm³/mol. The fraction of sp³-hybridized carbons (Fsp3) is 0.0756. The number of aryl methyl sites for hydroxylation is 9. The van der Waals surface area contributed by atoms with Crippen molar-refractivity contribution in [3.05, 3.63) is 494 Å². The first-order chi connectivity index (χ1) is 67.8. The van der Waals surface area contributed by atoms with E-state index in [0.29, 0.717) is 28.3 Å². The Kier molecular flexibility index (Phi) is 33.7. The average molecular weight is 2470 g/mol. The van der Waals surface area contributed by atoms with E-state index in [0.717, 1.165) is 123 Å². The summed E-state index contributed by atoms with van der Waals surface area (Å²) in [7, 11) is 0. The normalized spacial score (nSPS) is 11.4. The molecule has 22 aromatic rings. The summed E-state index contributed by atoms with van der Waals surface area (Å²) in [6, 6.07) is 136. The second-order valence-corrected chi connectivity index (χ2v) is 30.2. The summed E-state index contributed by atoms with van der Waals surface area (Å²) < 4.78 is 77.6. The molecule has 4 radical (unpaired) electrons. The van der Waals surface area contributed by atoms with Crippen molar-refractivity contribution in [3.63, 3.8) is 0 Å². The molecule has 0 spiro atoms. The maximum Gasteiger partial charge on any atom is 0.216 e. The molecule has 0 N–H and O–H groups in total. The first-order valence-corrected chi connectivity index (χ1v) is 42.3. The molecule has 22 rings (SSSR count). The summed E-state index contributed by atoms with van der Waals surface area (Å²) in [4.78, 5) is 43.4. The molecule has 12 aromatic heterocycles. The summed E-state index contributed by atoms with van der Waals surface area (Å²) in [6.45, 7) is 5.76. The van der Waals surface area contributed by atoms with Gasteiger partial charge in [-0.2, -0.15) is 0 Å². The van der Waals surface area contributed by atoms with E-state index in [4.69, 9.17) is 21.2 Å². The van der Waals surface area contributed by atoms with Gasteiger partial charge < -0.3 is 48.7 Å². The monoisotopic (exact) mass is 2470 g/mol. The number of hydrogen-bond acceptors (Lipinski definition) is 12. The van der Waals surface area contributed by atoms with Crippen LogP contribution in [-0.2, 0) is 80.4 Å². The molecule has 10 aromatic carbocycles. The van der Waals surface area contributed by atoms with E-state index in [1.165, 1.54) is 57.5 Å². The Morgan fingerprint density at radius 2 is 0.578 bits per heavy atom. The zero-order valence-corrected chi connectivity index (χ0v) is 83.7. The van der Waals surface area contributed by atoms with Crippen LogP contribution < -0.4 is 0 Å². The topological polar surface area (TPSA) is 155 Å². The molecule has 0 aliphatic heterocycles. The van der Waals surface area contributed by atoms with Gasteiger partial charge in [-0.25, -0.2) is 9.97 Å². The number of nitrogens with zero attached hydrogens (tertiary/aromatic N) is 10. The molecule has 0 fully saturated rings. The Morgan fingerprint density at radius 3 is 0.941 bits per heavy atom. The van der Waals surface area contributed by atoms with Crippen LogP contribution in [0.4, 0.5) is 0 Å². The smallest absolute Gasteiger partial charge is 0.216 e. The van der Waals surface area contributed by atoms with Crippen LogP contribution in [0.2, 0.25) is 0 Å². The zero-order chi connectivity index (χ0) is 98.0. The number of benzene rings is 10. The van der Waals surface area contributed by atoms with E-state index in [2.05, 4.69) is 167 Å². The van der Waals surface area contributed by atoms with Gasteiger partial charge in [-0.3, -0.25) is 0 Å². The van der Waals surface area contributed by atoms with Crippen molar-refractivity contribution in [1.29, 1.82) is 0 Å². The largest absolute Gasteiger partial charge is 0.486 e. The molecule has 12 nitrogen and oxygen atoms in total. The number of fused-ring (bicyclic) bond motifs is 6. The Hall–Kier alpha value is -14.1. The molecule has 0 aliphatic carbocycles. The van der Waals surface area contributed by atoms with E-state index in [9.17, 15) is 0 Å². The van der Waals surface area contributed by atoms with E-state index in [1.807, 2.05) is 301 Å². The molecule has 0 amide bonds. The van der Waals surface area contributed by atoms with Crippen LogP contribution in [0.5, 0.6) is 0 Å². The first kappa shape index (κ1) is 88.8. The maximum atomic E-state index is 7.43. The number of hydrogen-bond donors (Lipinski definition) is 0. The van der Waals surface area contributed by atoms with Gasteiger partial charge >= 0.3 is 0 Å². The quantitative estimate of drug-likeness (QED) is 0.120. The van der Waals surface area contributed by atoms with Crippen LogP contribution >= 0.6 is 0 Å². The molecular weight excluding hydrogens is 2370 g/mol. The van der Waals surface area contributed by atoms with Crippen LogP contribution in [0, 0.1) is 111 Å². The molecule has 16 heteroatoms. The SMILES string of the molecule is Cc1cc(-c2[c-]cccc2)ncc1-c1ccccc1.Cc1ccc(-c2[c-]cccc2)nc1.Cc1ccc(-c2[c-]cccc2)nc1.Cc1ccnc(-c2[c-]ccc3c2oc2nc(C)ccc23)c1.[2H]C([2H])([2H])c1ccc(-c2[c-]ccc3c2oc2nc(C)ccc23)nc1.[2H]C([2H])([2H])c1ccc(-c2[c-]cccc2)nc1.[2H]C([2H])([2H])c1ccc(-c2[c-]cccc2)nc1.[Ir].[Ir].[Ir].[Ir].[c-]1ccccc1-c1cc(-c2ccccc2)ccn1. The van der Waals surface area contributed by atoms with E-state index in [-0.39, 0.29) is 97.1 Å². The summed E-state index contributed by atoms with van der Waals surface area (Å²) in [6.07, 6.45) is 13.5. The predicted octanol–water partition coefficient (Wildman–Crippen LogP) is 29.1. The van der Waals surface area contributed by atoms with Crippen LogP contribution in [0.3, 0.4) is 0 Å². The molecule has 0 saturated heterocycles. The van der Waals surface area contributed by atoms with Gasteiger partial charge in [0.1, 0.15) is 0 Å². The van der Waals surface area contributed by atoms with Gasteiger partial charge in [0.2, 0.25) is 11.4 Å². The van der Waals surface area contributed by atoms with Crippen LogP contribution in [0.25, 0.3) is 156 Å². The Morgan fingerprint density at radius 1 is 0.237 bits per heavy atom. The van der Waals surface area contributed by atoms with Crippen molar-refractivity contribution < 1.29 is 102 Å². The van der Waals surface area contributed by atoms with Gasteiger partial charge in [-0.1, -0.05) is 167 Å².